The van der Waals surface area contributed by atoms with Crippen molar-refractivity contribution in [3.8, 4) is 0 Å². The Balaban J connectivity index is 2.11. The fraction of sp³-hybridized carbons (Fsp3) is 0.636. The Morgan fingerprint density at radius 3 is 2.67 bits per heavy atom. The van der Waals surface area contributed by atoms with Crippen LogP contribution in [0.1, 0.15) is 36.7 Å². The van der Waals surface area contributed by atoms with Gasteiger partial charge >= 0.3 is 0 Å². The normalized spacial score (nSPS) is 27.0. The molecule has 2 rings (SSSR count). The van der Waals surface area contributed by atoms with Crippen LogP contribution < -0.4 is 5.73 Å². The van der Waals surface area contributed by atoms with Crippen LogP contribution in [-0.2, 0) is 0 Å². The molecule has 1 fully saturated rings. The molecule has 0 amide bonds. The fourth-order valence-corrected chi connectivity index (χ4v) is 1.83. The quantitative estimate of drug-likeness (QED) is 0.838. The van der Waals surface area contributed by atoms with Crippen LogP contribution >= 0.6 is 0 Å². The summed E-state index contributed by atoms with van der Waals surface area (Å²) in [5, 5.41) is 0. The summed E-state index contributed by atoms with van der Waals surface area (Å²) in [5.74, 6) is 1.23. The fourth-order valence-electron chi connectivity index (χ4n) is 1.83. The van der Waals surface area contributed by atoms with E-state index in [0.29, 0.717) is 17.6 Å². The average Bonchev–Trinajstić information content (AvgIpc) is 2.74. The van der Waals surface area contributed by atoms with E-state index >= 15 is 0 Å². The Morgan fingerprint density at radius 1 is 1.53 bits per heavy atom. The van der Waals surface area contributed by atoms with Gasteiger partial charge in [-0.25, -0.2) is 8.78 Å². The summed E-state index contributed by atoms with van der Waals surface area (Å²) in [6.45, 7) is 2.05. The molecule has 0 spiro atoms. The molecule has 1 saturated carbocycles. The largest absolute Gasteiger partial charge is 0.465 e. The number of nitrogens with two attached hydrogens (primary N) is 1. The number of hydrogen-bond acceptors (Lipinski definition) is 2. The third-order valence-corrected chi connectivity index (χ3v) is 3.05. The maximum atomic E-state index is 12.5. The van der Waals surface area contributed by atoms with Gasteiger partial charge in [0.15, 0.2) is 0 Å². The Hall–Kier alpha value is -0.900. The van der Waals surface area contributed by atoms with E-state index in [1.54, 1.807) is 12.1 Å². The lowest BCUT2D eigenvalue weighted by Gasteiger charge is -2.09. The molecule has 3 atom stereocenters. The van der Waals surface area contributed by atoms with Gasteiger partial charge in [0, 0.05) is 12.5 Å². The standard InChI is InChI=1S/C11H15F2NO/c1-6-4-7(6)9-2-3-10(15-9)8(5-14)11(12)13/h2-3,6-8,11H,4-5,14H2,1H3. The number of alkyl halides is 2. The third kappa shape index (κ3) is 2.04. The SMILES string of the molecule is CC1CC1c1ccc(C(CN)C(F)F)o1. The number of rotatable bonds is 4. The van der Waals surface area contributed by atoms with Crippen molar-refractivity contribution in [2.45, 2.75) is 31.6 Å². The third-order valence-electron chi connectivity index (χ3n) is 3.05. The van der Waals surface area contributed by atoms with Gasteiger partial charge in [-0.3, -0.25) is 0 Å². The van der Waals surface area contributed by atoms with Crippen LogP contribution in [0.2, 0.25) is 0 Å². The van der Waals surface area contributed by atoms with E-state index in [0.717, 1.165) is 12.2 Å². The molecule has 0 aliphatic heterocycles. The van der Waals surface area contributed by atoms with Gasteiger partial charge in [-0.2, -0.15) is 0 Å². The molecule has 0 aromatic carbocycles. The second-order valence-corrected chi connectivity index (χ2v) is 4.24. The first-order valence-corrected chi connectivity index (χ1v) is 5.21. The van der Waals surface area contributed by atoms with Crippen LogP contribution in [0.4, 0.5) is 8.78 Å². The van der Waals surface area contributed by atoms with Crippen molar-refractivity contribution in [3.63, 3.8) is 0 Å². The number of halogens is 2. The summed E-state index contributed by atoms with van der Waals surface area (Å²) in [6.07, 6.45) is -1.36. The smallest absolute Gasteiger partial charge is 0.249 e. The molecule has 0 saturated heterocycles. The van der Waals surface area contributed by atoms with Gasteiger partial charge < -0.3 is 10.2 Å². The Labute approximate surface area is 87.4 Å². The zero-order valence-corrected chi connectivity index (χ0v) is 8.62. The molecule has 1 aromatic rings. The summed E-state index contributed by atoms with van der Waals surface area (Å²) in [4.78, 5) is 0. The van der Waals surface area contributed by atoms with Crippen molar-refractivity contribution in [1.29, 1.82) is 0 Å². The predicted octanol–water partition coefficient (Wildman–Crippen LogP) is 2.71. The Morgan fingerprint density at radius 2 is 2.20 bits per heavy atom. The molecule has 84 valence electrons. The minimum absolute atomic E-state index is 0.0785. The van der Waals surface area contributed by atoms with E-state index in [2.05, 4.69) is 6.92 Å². The van der Waals surface area contributed by atoms with Gasteiger partial charge in [-0.05, 0) is 24.5 Å². The molecule has 0 bridgehead atoms. The maximum absolute atomic E-state index is 12.5. The van der Waals surface area contributed by atoms with E-state index in [4.69, 9.17) is 10.2 Å². The molecule has 1 heterocycles. The Kier molecular flexibility index (Phi) is 2.78. The van der Waals surface area contributed by atoms with Crippen LogP contribution in [0.15, 0.2) is 16.5 Å². The first kappa shape index (κ1) is 10.6. The molecule has 15 heavy (non-hydrogen) atoms. The highest BCUT2D eigenvalue weighted by molar-refractivity contribution is 5.20. The van der Waals surface area contributed by atoms with Gasteiger partial charge in [0.2, 0.25) is 6.43 Å². The van der Waals surface area contributed by atoms with E-state index < -0.39 is 12.3 Å². The van der Waals surface area contributed by atoms with Crippen LogP contribution in [-0.4, -0.2) is 13.0 Å². The van der Waals surface area contributed by atoms with Gasteiger partial charge in [0.1, 0.15) is 11.5 Å². The van der Waals surface area contributed by atoms with Crippen molar-refractivity contribution in [2.75, 3.05) is 6.54 Å². The molecule has 3 unspecified atom stereocenters. The molecule has 1 aromatic heterocycles. The van der Waals surface area contributed by atoms with E-state index in [9.17, 15) is 8.78 Å². The monoisotopic (exact) mass is 215 g/mol. The lowest BCUT2D eigenvalue weighted by Crippen LogP contribution is -2.18. The van der Waals surface area contributed by atoms with Crippen molar-refractivity contribution in [2.24, 2.45) is 11.7 Å². The van der Waals surface area contributed by atoms with Crippen LogP contribution in [0, 0.1) is 5.92 Å². The minimum atomic E-state index is -2.45. The highest BCUT2D eigenvalue weighted by Gasteiger charge is 2.37. The summed E-state index contributed by atoms with van der Waals surface area (Å²) in [5.41, 5.74) is 5.29. The Bertz CT molecular complexity index is 337. The van der Waals surface area contributed by atoms with E-state index in [-0.39, 0.29) is 6.54 Å². The van der Waals surface area contributed by atoms with E-state index in [1.165, 1.54) is 0 Å². The first-order valence-electron chi connectivity index (χ1n) is 5.21. The second kappa shape index (κ2) is 3.93. The van der Waals surface area contributed by atoms with Crippen LogP contribution in [0.3, 0.4) is 0 Å². The average molecular weight is 215 g/mol. The lowest BCUT2D eigenvalue weighted by molar-refractivity contribution is 0.107. The maximum Gasteiger partial charge on any atom is 0.249 e. The predicted molar refractivity (Wildman–Crippen MR) is 53.0 cm³/mol. The summed E-state index contributed by atoms with van der Waals surface area (Å²) in [6, 6.07) is 3.43. The highest BCUT2D eigenvalue weighted by Crippen LogP contribution is 2.47. The zero-order valence-electron chi connectivity index (χ0n) is 8.62. The van der Waals surface area contributed by atoms with Crippen LogP contribution in [0.5, 0.6) is 0 Å². The summed E-state index contributed by atoms with van der Waals surface area (Å²) in [7, 11) is 0. The molecular weight excluding hydrogens is 200 g/mol. The van der Waals surface area contributed by atoms with Crippen molar-refractivity contribution < 1.29 is 13.2 Å². The second-order valence-electron chi connectivity index (χ2n) is 4.24. The van der Waals surface area contributed by atoms with Gasteiger partial charge in [-0.1, -0.05) is 6.92 Å². The van der Waals surface area contributed by atoms with Gasteiger partial charge in [0.05, 0.1) is 5.92 Å². The summed E-state index contributed by atoms with van der Waals surface area (Å²) < 4.78 is 30.5. The molecule has 2 nitrogen and oxygen atoms in total. The first-order chi connectivity index (χ1) is 7.13. The topological polar surface area (TPSA) is 39.2 Å². The molecule has 4 heteroatoms. The molecule has 2 N–H and O–H groups in total. The number of hydrogen-bond donors (Lipinski definition) is 1. The summed E-state index contributed by atoms with van der Waals surface area (Å²) >= 11 is 0. The highest BCUT2D eigenvalue weighted by atomic mass is 19.3. The van der Waals surface area contributed by atoms with Crippen molar-refractivity contribution in [3.05, 3.63) is 23.7 Å². The minimum Gasteiger partial charge on any atom is -0.465 e. The number of furan rings is 1. The van der Waals surface area contributed by atoms with Crippen LogP contribution in [0.25, 0.3) is 0 Å². The molecule has 0 radical (unpaired) electrons. The molecule has 1 aliphatic rings. The van der Waals surface area contributed by atoms with Crippen molar-refractivity contribution in [1.82, 2.24) is 0 Å². The molecule has 1 aliphatic carbocycles. The van der Waals surface area contributed by atoms with Gasteiger partial charge in [0.25, 0.3) is 0 Å². The van der Waals surface area contributed by atoms with Gasteiger partial charge in [-0.15, -0.1) is 0 Å². The molecular formula is C11H15F2NO. The van der Waals surface area contributed by atoms with E-state index in [1.807, 2.05) is 0 Å². The van der Waals surface area contributed by atoms with Crippen molar-refractivity contribution >= 4 is 0 Å². The lowest BCUT2D eigenvalue weighted by atomic mass is 10.1. The zero-order chi connectivity index (χ0) is 11.0.